The first kappa shape index (κ1) is 13.1. The van der Waals surface area contributed by atoms with Crippen LogP contribution < -0.4 is 10.2 Å². The van der Waals surface area contributed by atoms with Crippen molar-refractivity contribution in [1.29, 1.82) is 0 Å². The highest BCUT2D eigenvalue weighted by atomic mass is 127. The molecule has 0 aromatic heterocycles. The van der Waals surface area contributed by atoms with Crippen molar-refractivity contribution in [3.8, 4) is 0 Å². The lowest BCUT2D eigenvalue weighted by Gasteiger charge is -2.40. The van der Waals surface area contributed by atoms with E-state index in [0.717, 1.165) is 28.8 Å². The number of piperazine rings is 1. The van der Waals surface area contributed by atoms with E-state index in [1.54, 1.807) is 12.1 Å². The molecule has 0 aliphatic carbocycles. The Morgan fingerprint density at radius 1 is 1.53 bits per heavy atom. The van der Waals surface area contributed by atoms with E-state index in [0.29, 0.717) is 12.1 Å². The van der Waals surface area contributed by atoms with Gasteiger partial charge in [0.15, 0.2) is 0 Å². The number of hydrogen-bond acceptors (Lipinski definition) is 2. The van der Waals surface area contributed by atoms with Gasteiger partial charge < -0.3 is 10.2 Å². The van der Waals surface area contributed by atoms with Gasteiger partial charge in [0.2, 0.25) is 0 Å². The Balaban J connectivity index is 2.24. The average Bonchev–Trinajstić information content (AvgIpc) is 2.30. The summed E-state index contributed by atoms with van der Waals surface area (Å²) in [5.74, 6) is -0.159. The van der Waals surface area contributed by atoms with Crippen molar-refractivity contribution < 1.29 is 4.39 Å². The second-order valence-electron chi connectivity index (χ2n) is 4.61. The zero-order valence-corrected chi connectivity index (χ0v) is 12.4. The summed E-state index contributed by atoms with van der Waals surface area (Å²) < 4.78 is 14.1. The lowest BCUT2D eigenvalue weighted by atomic mass is 10.1. The molecule has 1 aromatic rings. The summed E-state index contributed by atoms with van der Waals surface area (Å²) in [4.78, 5) is 2.38. The van der Waals surface area contributed by atoms with E-state index >= 15 is 0 Å². The molecule has 1 heterocycles. The van der Waals surface area contributed by atoms with Gasteiger partial charge in [0.1, 0.15) is 5.82 Å². The van der Waals surface area contributed by atoms with Gasteiger partial charge in [0.05, 0.1) is 5.69 Å². The normalized spacial score (nSPS) is 25.1. The molecule has 0 saturated carbocycles. The molecule has 1 N–H and O–H groups in total. The van der Waals surface area contributed by atoms with Crippen LogP contribution >= 0.6 is 22.6 Å². The smallest absolute Gasteiger partial charge is 0.124 e. The molecule has 4 heteroatoms. The number of hydrogen-bond donors (Lipinski definition) is 1. The van der Waals surface area contributed by atoms with Gasteiger partial charge in [-0.15, -0.1) is 0 Å². The van der Waals surface area contributed by atoms with Gasteiger partial charge in [0.25, 0.3) is 0 Å². The fourth-order valence-electron chi connectivity index (χ4n) is 2.25. The van der Waals surface area contributed by atoms with Crippen LogP contribution in [0, 0.1) is 9.39 Å². The molecule has 2 unspecified atom stereocenters. The van der Waals surface area contributed by atoms with E-state index in [2.05, 4.69) is 46.7 Å². The largest absolute Gasteiger partial charge is 0.365 e. The molecular formula is C13H18FIN2. The minimum atomic E-state index is -0.159. The minimum Gasteiger partial charge on any atom is -0.365 e. The summed E-state index contributed by atoms with van der Waals surface area (Å²) in [7, 11) is 0. The summed E-state index contributed by atoms with van der Waals surface area (Å²) in [6.45, 7) is 6.39. The predicted octanol–water partition coefficient (Wildman–Crippen LogP) is 3.01. The van der Waals surface area contributed by atoms with Crippen LogP contribution in [0.1, 0.15) is 20.3 Å². The molecule has 0 bridgehead atoms. The monoisotopic (exact) mass is 348 g/mol. The second kappa shape index (κ2) is 5.52. The maximum Gasteiger partial charge on any atom is 0.124 e. The van der Waals surface area contributed by atoms with Crippen LogP contribution in [0.2, 0.25) is 0 Å². The molecule has 2 atom stereocenters. The maximum absolute atomic E-state index is 13.1. The van der Waals surface area contributed by atoms with Gasteiger partial charge in [-0.1, -0.05) is 6.92 Å². The second-order valence-corrected chi connectivity index (χ2v) is 5.77. The van der Waals surface area contributed by atoms with Crippen molar-refractivity contribution >= 4 is 28.3 Å². The molecule has 0 radical (unpaired) electrons. The predicted molar refractivity (Wildman–Crippen MR) is 78.0 cm³/mol. The minimum absolute atomic E-state index is 0.159. The number of nitrogens with one attached hydrogen (secondary N) is 1. The Morgan fingerprint density at radius 3 is 2.94 bits per heavy atom. The Labute approximate surface area is 116 Å². The number of anilines is 1. The van der Waals surface area contributed by atoms with Gasteiger partial charge in [-0.3, -0.25) is 0 Å². The third kappa shape index (κ3) is 2.91. The van der Waals surface area contributed by atoms with Gasteiger partial charge >= 0.3 is 0 Å². The highest BCUT2D eigenvalue weighted by Crippen LogP contribution is 2.26. The molecule has 0 spiro atoms. The molecule has 1 fully saturated rings. The third-order valence-electron chi connectivity index (χ3n) is 3.36. The topological polar surface area (TPSA) is 15.3 Å². The van der Waals surface area contributed by atoms with Crippen LogP contribution in [-0.4, -0.2) is 25.2 Å². The highest BCUT2D eigenvalue weighted by molar-refractivity contribution is 14.1. The van der Waals surface area contributed by atoms with E-state index in [9.17, 15) is 4.39 Å². The van der Waals surface area contributed by atoms with Gasteiger partial charge in [-0.25, -0.2) is 4.39 Å². The number of nitrogens with zero attached hydrogens (tertiary/aromatic N) is 1. The third-order valence-corrected chi connectivity index (χ3v) is 4.23. The first-order valence-electron chi connectivity index (χ1n) is 6.07. The van der Waals surface area contributed by atoms with E-state index < -0.39 is 0 Å². The van der Waals surface area contributed by atoms with Crippen molar-refractivity contribution in [3.63, 3.8) is 0 Å². The Kier molecular flexibility index (Phi) is 4.25. The zero-order valence-electron chi connectivity index (χ0n) is 10.2. The standard InChI is InChI=1S/C13H18FIN2/c1-3-11-8-17(9(2)7-16-11)13-5-4-10(14)6-12(13)15/h4-6,9,11,16H,3,7-8H2,1-2H3. The first-order chi connectivity index (χ1) is 8.11. The average molecular weight is 348 g/mol. The maximum atomic E-state index is 13.1. The molecule has 17 heavy (non-hydrogen) atoms. The van der Waals surface area contributed by atoms with Crippen LogP contribution in [0.5, 0.6) is 0 Å². The first-order valence-corrected chi connectivity index (χ1v) is 7.14. The van der Waals surface area contributed by atoms with Crippen molar-refractivity contribution in [2.75, 3.05) is 18.0 Å². The number of benzene rings is 1. The van der Waals surface area contributed by atoms with Gasteiger partial charge in [0, 0.05) is 28.7 Å². The van der Waals surface area contributed by atoms with E-state index in [4.69, 9.17) is 0 Å². The summed E-state index contributed by atoms with van der Waals surface area (Å²) in [5, 5.41) is 3.53. The SMILES string of the molecule is CCC1CN(c2ccc(F)cc2I)C(C)CN1. The van der Waals surface area contributed by atoms with Crippen LogP contribution in [0.4, 0.5) is 10.1 Å². The van der Waals surface area contributed by atoms with E-state index in [1.807, 2.05) is 6.07 Å². The summed E-state index contributed by atoms with van der Waals surface area (Å²) in [5.41, 5.74) is 1.15. The molecule has 2 rings (SSSR count). The molecule has 1 saturated heterocycles. The molecule has 0 amide bonds. The Morgan fingerprint density at radius 2 is 2.29 bits per heavy atom. The Hall–Kier alpha value is -0.360. The highest BCUT2D eigenvalue weighted by Gasteiger charge is 2.25. The molecule has 94 valence electrons. The number of halogens is 2. The fraction of sp³-hybridized carbons (Fsp3) is 0.538. The zero-order chi connectivity index (χ0) is 12.4. The summed E-state index contributed by atoms with van der Waals surface area (Å²) in [6.07, 6.45) is 1.13. The van der Waals surface area contributed by atoms with Gasteiger partial charge in [-0.05, 0) is 54.1 Å². The van der Waals surface area contributed by atoms with Crippen LogP contribution in [0.15, 0.2) is 18.2 Å². The number of rotatable bonds is 2. The molecule has 1 aliphatic rings. The van der Waals surface area contributed by atoms with Crippen LogP contribution in [-0.2, 0) is 0 Å². The summed E-state index contributed by atoms with van der Waals surface area (Å²) in [6, 6.07) is 6.04. The van der Waals surface area contributed by atoms with Crippen molar-refractivity contribution in [1.82, 2.24) is 5.32 Å². The molecule has 1 aromatic carbocycles. The van der Waals surface area contributed by atoms with E-state index in [1.165, 1.54) is 0 Å². The van der Waals surface area contributed by atoms with E-state index in [-0.39, 0.29) is 5.82 Å². The van der Waals surface area contributed by atoms with Crippen molar-refractivity contribution in [2.24, 2.45) is 0 Å². The molecule has 2 nitrogen and oxygen atoms in total. The van der Waals surface area contributed by atoms with Crippen LogP contribution in [0.25, 0.3) is 0 Å². The quantitative estimate of drug-likeness (QED) is 0.827. The fourth-order valence-corrected chi connectivity index (χ4v) is 3.04. The van der Waals surface area contributed by atoms with Crippen molar-refractivity contribution in [2.45, 2.75) is 32.4 Å². The lowest BCUT2D eigenvalue weighted by Crippen LogP contribution is -2.55. The van der Waals surface area contributed by atoms with Crippen LogP contribution in [0.3, 0.4) is 0 Å². The molecular weight excluding hydrogens is 330 g/mol. The summed E-state index contributed by atoms with van der Waals surface area (Å²) >= 11 is 2.22. The Bertz CT molecular complexity index is 397. The molecule has 1 aliphatic heterocycles. The lowest BCUT2D eigenvalue weighted by molar-refractivity contribution is 0.397. The van der Waals surface area contributed by atoms with Gasteiger partial charge in [-0.2, -0.15) is 0 Å². The van der Waals surface area contributed by atoms with Crippen molar-refractivity contribution in [3.05, 3.63) is 27.6 Å².